The van der Waals surface area contributed by atoms with Gasteiger partial charge in [-0.2, -0.15) is 0 Å². The summed E-state index contributed by atoms with van der Waals surface area (Å²) in [6, 6.07) is 14.7. The molecule has 2 rings (SSSR count). The Balaban J connectivity index is 1.92. The molecule has 0 bridgehead atoms. The topological polar surface area (TPSA) is 55.4 Å². The normalized spacial score (nSPS) is 11.7. The van der Waals surface area contributed by atoms with Crippen molar-refractivity contribution in [3.63, 3.8) is 0 Å². The van der Waals surface area contributed by atoms with Crippen molar-refractivity contribution in [2.24, 2.45) is 5.92 Å². The third-order valence-electron chi connectivity index (χ3n) is 3.74. The molecule has 24 heavy (non-hydrogen) atoms. The molecule has 2 aromatic rings. The smallest absolute Gasteiger partial charge is 0.240 e. The van der Waals surface area contributed by atoms with E-state index in [4.69, 9.17) is 4.74 Å². The molecule has 2 aromatic carbocycles. The number of benzene rings is 2. The summed E-state index contributed by atoms with van der Waals surface area (Å²) in [5, 5.41) is 0. The van der Waals surface area contributed by atoms with Crippen molar-refractivity contribution < 1.29 is 13.2 Å². The average molecular weight is 347 g/mol. The van der Waals surface area contributed by atoms with Gasteiger partial charge in [-0.15, -0.1) is 0 Å². The summed E-state index contributed by atoms with van der Waals surface area (Å²) < 4.78 is 32.4. The van der Waals surface area contributed by atoms with E-state index in [9.17, 15) is 8.42 Å². The Hall–Kier alpha value is -1.85. The van der Waals surface area contributed by atoms with E-state index in [1.807, 2.05) is 36.4 Å². The summed E-state index contributed by atoms with van der Waals surface area (Å²) in [7, 11) is -1.84. The Morgan fingerprint density at radius 2 is 1.54 bits per heavy atom. The number of ether oxygens (including phenoxy) is 1. The number of nitrogens with one attached hydrogen (secondary N) is 1. The van der Waals surface area contributed by atoms with Crippen LogP contribution in [0.15, 0.2) is 53.4 Å². The highest BCUT2D eigenvalue weighted by atomic mass is 32.2. The maximum atomic E-state index is 12.3. The van der Waals surface area contributed by atoms with E-state index in [-0.39, 0.29) is 0 Å². The van der Waals surface area contributed by atoms with Gasteiger partial charge >= 0.3 is 0 Å². The van der Waals surface area contributed by atoms with Gasteiger partial charge in [0.1, 0.15) is 5.75 Å². The Labute approximate surface area is 144 Å². The number of hydrogen-bond acceptors (Lipinski definition) is 3. The van der Waals surface area contributed by atoms with Crippen LogP contribution in [-0.4, -0.2) is 22.1 Å². The van der Waals surface area contributed by atoms with Crippen LogP contribution in [0.2, 0.25) is 0 Å². The zero-order valence-corrected chi connectivity index (χ0v) is 15.3. The zero-order valence-electron chi connectivity index (χ0n) is 14.5. The van der Waals surface area contributed by atoms with Gasteiger partial charge < -0.3 is 4.74 Å². The molecular weight excluding hydrogens is 322 g/mol. The minimum absolute atomic E-state index is 0.310. The Morgan fingerprint density at radius 1 is 0.958 bits per heavy atom. The lowest BCUT2D eigenvalue weighted by Gasteiger charge is -2.09. The van der Waals surface area contributed by atoms with Crippen LogP contribution in [-0.2, 0) is 22.9 Å². The van der Waals surface area contributed by atoms with Gasteiger partial charge in [-0.1, -0.05) is 38.1 Å². The zero-order chi connectivity index (χ0) is 17.6. The average Bonchev–Trinajstić information content (AvgIpc) is 2.55. The third kappa shape index (κ3) is 5.35. The monoisotopic (exact) mass is 347 g/mol. The van der Waals surface area contributed by atoms with E-state index in [0.29, 0.717) is 23.8 Å². The molecule has 0 spiro atoms. The van der Waals surface area contributed by atoms with Crippen LogP contribution >= 0.6 is 0 Å². The lowest BCUT2D eigenvalue weighted by molar-refractivity contribution is 0.414. The Morgan fingerprint density at radius 3 is 2.08 bits per heavy atom. The van der Waals surface area contributed by atoms with Gasteiger partial charge in [-0.3, -0.25) is 0 Å². The predicted molar refractivity (Wildman–Crippen MR) is 96.9 cm³/mol. The van der Waals surface area contributed by atoms with E-state index in [2.05, 4.69) is 18.6 Å². The molecule has 0 aliphatic heterocycles. The fourth-order valence-electron chi connectivity index (χ4n) is 2.48. The van der Waals surface area contributed by atoms with Crippen LogP contribution in [0.3, 0.4) is 0 Å². The van der Waals surface area contributed by atoms with Crippen molar-refractivity contribution in [2.75, 3.05) is 13.7 Å². The number of methoxy groups -OCH3 is 1. The van der Waals surface area contributed by atoms with E-state index in [1.165, 1.54) is 0 Å². The molecule has 0 heterocycles. The van der Waals surface area contributed by atoms with Gasteiger partial charge in [0.25, 0.3) is 0 Å². The first kappa shape index (κ1) is 18.5. The predicted octanol–water partition coefficient (Wildman–Crippen LogP) is 3.41. The number of rotatable bonds is 8. The minimum atomic E-state index is -3.46. The van der Waals surface area contributed by atoms with E-state index in [0.717, 1.165) is 23.3 Å². The highest BCUT2D eigenvalue weighted by molar-refractivity contribution is 7.89. The molecule has 0 amide bonds. The molecule has 0 fully saturated rings. The summed E-state index contributed by atoms with van der Waals surface area (Å²) in [6.07, 6.45) is 1.58. The maximum Gasteiger partial charge on any atom is 0.240 e. The maximum absolute atomic E-state index is 12.3. The van der Waals surface area contributed by atoms with Crippen LogP contribution in [0.4, 0.5) is 0 Å². The van der Waals surface area contributed by atoms with Crippen LogP contribution in [0, 0.1) is 5.92 Å². The van der Waals surface area contributed by atoms with E-state index >= 15 is 0 Å². The molecule has 4 nitrogen and oxygen atoms in total. The van der Waals surface area contributed by atoms with E-state index in [1.54, 1.807) is 19.2 Å². The quantitative estimate of drug-likeness (QED) is 0.796. The van der Waals surface area contributed by atoms with Gasteiger partial charge in [0.05, 0.1) is 12.0 Å². The fourth-order valence-corrected chi connectivity index (χ4v) is 3.51. The first-order valence-electron chi connectivity index (χ1n) is 8.12. The Bertz CT molecular complexity index is 735. The first-order chi connectivity index (χ1) is 11.4. The van der Waals surface area contributed by atoms with Gasteiger partial charge in [-0.25, -0.2) is 13.1 Å². The molecule has 130 valence electrons. The molecule has 0 aromatic heterocycles. The molecule has 0 aliphatic rings. The molecule has 0 aliphatic carbocycles. The third-order valence-corrected chi connectivity index (χ3v) is 5.22. The van der Waals surface area contributed by atoms with Gasteiger partial charge in [-0.05, 0) is 54.2 Å². The summed E-state index contributed by atoms with van der Waals surface area (Å²) in [5.41, 5.74) is 2.22. The molecule has 5 heteroatoms. The SMILES string of the molecule is COc1ccc(CCNS(=O)(=O)c2ccc(CC(C)C)cc2)cc1. The summed E-state index contributed by atoms with van der Waals surface area (Å²) in [6.45, 7) is 4.65. The summed E-state index contributed by atoms with van der Waals surface area (Å²) in [5.74, 6) is 1.34. The lowest BCUT2D eigenvalue weighted by atomic mass is 10.0. The lowest BCUT2D eigenvalue weighted by Crippen LogP contribution is -2.26. The van der Waals surface area contributed by atoms with Gasteiger partial charge in [0.15, 0.2) is 0 Å². The molecule has 0 radical (unpaired) electrons. The van der Waals surface area contributed by atoms with E-state index < -0.39 is 10.0 Å². The molecular formula is C19H25NO3S. The number of sulfonamides is 1. The highest BCUT2D eigenvalue weighted by Crippen LogP contribution is 2.14. The largest absolute Gasteiger partial charge is 0.497 e. The standard InChI is InChI=1S/C19H25NO3S/c1-15(2)14-17-6-10-19(11-7-17)24(21,22)20-13-12-16-4-8-18(23-3)9-5-16/h4-11,15,20H,12-14H2,1-3H3. The fraction of sp³-hybridized carbons (Fsp3) is 0.368. The van der Waals surface area contributed by atoms with Crippen molar-refractivity contribution in [3.05, 3.63) is 59.7 Å². The van der Waals surface area contributed by atoms with Crippen LogP contribution in [0.1, 0.15) is 25.0 Å². The van der Waals surface area contributed by atoms with Gasteiger partial charge in [0, 0.05) is 6.54 Å². The molecule has 0 saturated heterocycles. The minimum Gasteiger partial charge on any atom is -0.497 e. The van der Waals surface area contributed by atoms with Crippen molar-refractivity contribution in [2.45, 2.75) is 31.6 Å². The second-order valence-corrected chi connectivity index (χ2v) is 8.00. The summed E-state index contributed by atoms with van der Waals surface area (Å²) >= 11 is 0. The first-order valence-corrected chi connectivity index (χ1v) is 9.60. The van der Waals surface area contributed by atoms with Crippen LogP contribution in [0.5, 0.6) is 5.75 Å². The van der Waals surface area contributed by atoms with Crippen LogP contribution in [0.25, 0.3) is 0 Å². The second kappa shape index (κ2) is 8.31. The van der Waals surface area contributed by atoms with Crippen LogP contribution < -0.4 is 9.46 Å². The molecule has 1 N–H and O–H groups in total. The van der Waals surface area contributed by atoms with Crippen molar-refractivity contribution in [3.8, 4) is 5.75 Å². The summed E-state index contributed by atoms with van der Waals surface area (Å²) in [4.78, 5) is 0.310. The van der Waals surface area contributed by atoms with Crippen molar-refractivity contribution >= 4 is 10.0 Å². The van der Waals surface area contributed by atoms with Crippen molar-refractivity contribution in [1.29, 1.82) is 0 Å². The second-order valence-electron chi connectivity index (χ2n) is 6.24. The Kier molecular flexibility index (Phi) is 6.40. The molecule has 0 atom stereocenters. The number of hydrogen-bond donors (Lipinski definition) is 1. The highest BCUT2D eigenvalue weighted by Gasteiger charge is 2.13. The van der Waals surface area contributed by atoms with Crippen molar-refractivity contribution in [1.82, 2.24) is 4.72 Å². The molecule has 0 unspecified atom stereocenters. The molecule has 0 saturated carbocycles. The van der Waals surface area contributed by atoms with Gasteiger partial charge in [0.2, 0.25) is 10.0 Å².